The average Bonchev–Trinajstić information content (AvgIpc) is 3.20. The van der Waals surface area contributed by atoms with Gasteiger partial charge in [0, 0.05) is 26.1 Å². The van der Waals surface area contributed by atoms with Crippen LogP contribution >= 0.6 is 0 Å². The molecule has 1 amide bonds. The molecular formula is C24H24N2O4S. The Morgan fingerprint density at radius 3 is 2.45 bits per heavy atom. The molecule has 0 saturated carbocycles. The molecule has 0 aliphatic carbocycles. The first-order chi connectivity index (χ1) is 14.9. The van der Waals surface area contributed by atoms with Gasteiger partial charge in [0.05, 0.1) is 11.0 Å². The third kappa shape index (κ3) is 3.63. The number of hydrogen-bond donors (Lipinski definition) is 1. The second-order valence-corrected chi connectivity index (χ2v) is 10.2. The first-order valence-corrected chi connectivity index (χ1v) is 11.9. The molecule has 1 fully saturated rings. The van der Waals surface area contributed by atoms with Crippen molar-refractivity contribution in [3.8, 4) is 0 Å². The number of benzene rings is 3. The molecule has 2 aliphatic rings. The second kappa shape index (κ2) is 7.75. The number of fused-ring (bicyclic) bond motifs is 2. The van der Waals surface area contributed by atoms with Gasteiger partial charge < -0.3 is 10.0 Å². The van der Waals surface area contributed by atoms with Crippen LogP contribution in [0.3, 0.4) is 0 Å². The third-order valence-electron chi connectivity index (χ3n) is 6.29. The molecule has 0 radical (unpaired) electrons. The lowest BCUT2D eigenvalue weighted by molar-refractivity contribution is -0.135. The lowest BCUT2D eigenvalue weighted by Gasteiger charge is -2.33. The van der Waals surface area contributed by atoms with Gasteiger partial charge in [0.15, 0.2) is 0 Å². The van der Waals surface area contributed by atoms with E-state index in [0.717, 1.165) is 22.8 Å². The summed E-state index contributed by atoms with van der Waals surface area (Å²) in [6, 6.07) is 19.6. The highest BCUT2D eigenvalue weighted by Gasteiger charge is 2.45. The largest absolute Gasteiger partial charge is 0.392 e. The lowest BCUT2D eigenvalue weighted by atomic mass is 9.99. The first-order valence-electron chi connectivity index (χ1n) is 10.5. The lowest BCUT2D eigenvalue weighted by Crippen LogP contribution is -2.49. The van der Waals surface area contributed by atoms with E-state index in [4.69, 9.17) is 0 Å². The second-order valence-electron chi connectivity index (χ2n) is 8.27. The molecule has 1 saturated heterocycles. The number of aliphatic hydroxyl groups is 1. The number of rotatable bonds is 3. The summed E-state index contributed by atoms with van der Waals surface area (Å²) in [7, 11) is -3.93. The zero-order valence-electron chi connectivity index (χ0n) is 17.0. The fourth-order valence-corrected chi connectivity index (χ4v) is 6.30. The van der Waals surface area contributed by atoms with Crippen molar-refractivity contribution in [1.82, 2.24) is 9.21 Å². The van der Waals surface area contributed by atoms with Crippen molar-refractivity contribution in [1.29, 1.82) is 0 Å². The summed E-state index contributed by atoms with van der Waals surface area (Å²) in [6.45, 7) is 0.938. The molecule has 2 atom stereocenters. The van der Waals surface area contributed by atoms with E-state index in [1.54, 1.807) is 23.1 Å². The van der Waals surface area contributed by atoms with E-state index in [2.05, 4.69) is 6.07 Å². The number of nitrogens with zero attached hydrogens (tertiary/aromatic N) is 2. The Hall–Kier alpha value is -2.74. The average molecular weight is 437 g/mol. The maximum absolute atomic E-state index is 13.5. The summed E-state index contributed by atoms with van der Waals surface area (Å²) < 4.78 is 28.1. The summed E-state index contributed by atoms with van der Waals surface area (Å²) in [5.74, 6) is -0.240. The third-order valence-corrected chi connectivity index (χ3v) is 8.16. The van der Waals surface area contributed by atoms with Gasteiger partial charge in [-0.1, -0.05) is 54.6 Å². The molecule has 3 aromatic rings. The van der Waals surface area contributed by atoms with Gasteiger partial charge in [-0.2, -0.15) is 4.31 Å². The van der Waals surface area contributed by atoms with Crippen LogP contribution in [0, 0.1) is 0 Å². The van der Waals surface area contributed by atoms with Gasteiger partial charge in [0.25, 0.3) is 0 Å². The number of carbonyl (C=O) groups is 1. The Morgan fingerprint density at radius 2 is 1.65 bits per heavy atom. The fourth-order valence-electron chi connectivity index (χ4n) is 4.63. The number of hydrogen-bond acceptors (Lipinski definition) is 4. The van der Waals surface area contributed by atoms with Crippen molar-refractivity contribution < 1.29 is 18.3 Å². The van der Waals surface area contributed by atoms with Gasteiger partial charge in [0.1, 0.15) is 6.04 Å². The molecule has 0 unspecified atom stereocenters. The van der Waals surface area contributed by atoms with Crippen LogP contribution in [-0.2, 0) is 27.8 Å². The van der Waals surface area contributed by atoms with Crippen LogP contribution in [0.5, 0.6) is 0 Å². The van der Waals surface area contributed by atoms with Gasteiger partial charge in [-0.3, -0.25) is 4.79 Å². The van der Waals surface area contributed by atoms with Crippen molar-refractivity contribution >= 4 is 26.7 Å². The Kier molecular flexibility index (Phi) is 5.04. The van der Waals surface area contributed by atoms with Crippen LogP contribution in [0.4, 0.5) is 0 Å². The van der Waals surface area contributed by atoms with E-state index in [0.29, 0.717) is 13.1 Å². The molecule has 3 aromatic carbocycles. The van der Waals surface area contributed by atoms with Crippen LogP contribution in [-0.4, -0.2) is 53.9 Å². The summed E-state index contributed by atoms with van der Waals surface area (Å²) in [5, 5.41) is 12.0. The molecule has 1 N–H and O–H groups in total. The molecule has 2 aliphatic heterocycles. The molecule has 0 bridgehead atoms. The first kappa shape index (κ1) is 20.2. The summed E-state index contributed by atoms with van der Waals surface area (Å²) in [4.78, 5) is 15.2. The van der Waals surface area contributed by atoms with E-state index < -0.39 is 22.2 Å². The van der Waals surface area contributed by atoms with E-state index in [1.165, 1.54) is 9.87 Å². The van der Waals surface area contributed by atoms with Gasteiger partial charge in [-0.15, -0.1) is 0 Å². The smallest absolute Gasteiger partial charge is 0.243 e. The van der Waals surface area contributed by atoms with Crippen LogP contribution in [0.15, 0.2) is 71.6 Å². The van der Waals surface area contributed by atoms with E-state index in [9.17, 15) is 18.3 Å². The van der Waals surface area contributed by atoms with E-state index in [1.807, 2.05) is 42.5 Å². The van der Waals surface area contributed by atoms with Crippen molar-refractivity contribution in [3.63, 3.8) is 0 Å². The maximum atomic E-state index is 13.5. The Labute approximate surface area is 181 Å². The van der Waals surface area contributed by atoms with Crippen molar-refractivity contribution in [3.05, 3.63) is 77.9 Å². The summed E-state index contributed by atoms with van der Waals surface area (Å²) in [5.41, 5.74) is 2.31. The summed E-state index contributed by atoms with van der Waals surface area (Å²) >= 11 is 0. The van der Waals surface area contributed by atoms with Crippen molar-refractivity contribution in [2.24, 2.45) is 0 Å². The van der Waals surface area contributed by atoms with Crippen molar-refractivity contribution in [2.75, 3.05) is 13.1 Å². The Bertz CT molecular complexity index is 1260. The minimum absolute atomic E-state index is 0.0734. The van der Waals surface area contributed by atoms with Crippen LogP contribution in [0.25, 0.3) is 10.8 Å². The number of carbonyl (C=O) groups excluding carboxylic acids is 1. The van der Waals surface area contributed by atoms with Crippen LogP contribution in [0.2, 0.25) is 0 Å². The van der Waals surface area contributed by atoms with E-state index in [-0.39, 0.29) is 23.8 Å². The predicted octanol–water partition coefficient (Wildman–Crippen LogP) is 2.55. The number of aliphatic hydroxyl groups excluding tert-OH is 1. The van der Waals surface area contributed by atoms with E-state index >= 15 is 0 Å². The van der Waals surface area contributed by atoms with Crippen LogP contribution < -0.4 is 0 Å². The summed E-state index contributed by atoms with van der Waals surface area (Å²) in [6.07, 6.45) is -0.000419. The van der Waals surface area contributed by atoms with Gasteiger partial charge >= 0.3 is 0 Å². The topological polar surface area (TPSA) is 77.9 Å². The minimum Gasteiger partial charge on any atom is -0.392 e. The number of β-amino-alcohol motifs (C(OH)–C–C–N with tert-alkyl or cyclic N) is 1. The quantitative estimate of drug-likeness (QED) is 0.685. The SMILES string of the molecule is O=C([C@H]1C[C@H](O)CN1S(=O)(=O)c1ccc2ccccc2c1)N1CCc2ccccc2C1. The highest BCUT2D eigenvalue weighted by Crippen LogP contribution is 2.30. The molecule has 0 spiro atoms. The minimum atomic E-state index is -3.93. The predicted molar refractivity (Wildman–Crippen MR) is 118 cm³/mol. The molecule has 160 valence electrons. The van der Waals surface area contributed by atoms with Crippen LogP contribution in [0.1, 0.15) is 17.5 Å². The Morgan fingerprint density at radius 1 is 0.935 bits per heavy atom. The van der Waals surface area contributed by atoms with Gasteiger partial charge in [0.2, 0.25) is 15.9 Å². The molecule has 7 heteroatoms. The monoisotopic (exact) mass is 436 g/mol. The highest BCUT2D eigenvalue weighted by atomic mass is 32.2. The zero-order valence-corrected chi connectivity index (χ0v) is 17.8. The Balaban J connectivity index is 1.44. The van der Waals surface area contributed by atoms with Crippen molar-refractivity contribution in [2.45, 2.75) is 36.4 Å². The zero-order chi connectivity index (χ0) is 21.6. The molecule has 2 heterocycles. The number of sulfonamides is 1. The molecular weight excluding hydrogens is 412 g/mol. The standard InChI is InChI=1S/C24H24N2O4S/c27-21-14-23(24(28)25-12-11-18-6-2-4-8-20(18)15-25)26(16-21)31(29,30)22-10-9-17-5-1-3-7-19(17)13-22/h1-10,13,21,23,27H,11-12,14-16H2/t21-,23+/m0/s1. The molecule has 0 aromatic heterocycles. The normalized spacial score (nSPS) is 21.9. The van der Waals surface area contributed by atoms with Gasteiger partial charge in [-0.25, -0.2) is 8.42 Å². The molecule has 31 heavy (non-hydrogen) atoms. The molecule has 5 rings (SSSR count). The maximum Gasteiger partial charge on any atom is 0.243 e. The number of amides is 1. The fraction of sp³-hybridized carbons (Fsp3) is 0.292. The highest BCUT2D eigenvalue weighted by molar-refractivity contribution is 7.89. The van der Waals surface area contributed by atoms with Gasteiger partial charge in [-0.05, 0) is 40.5 Å². The molecule has 6 nitrogen and oxygen atoms in total.